The molecule has 5 heteroatoms. The molecule has 1 fully saturated rings. The van der Waals surface area contributed by atoms with Gasteiger partial charge in [0.05, 0.1) is 17.8 Å². The van der Waals surface area contributed by atoms with Crippen LogP contribution >= 0.6 is 15.9 Å². The Balaban J connectivity index is 2.05. The first-order valence-electron chi connectivity index (χ1n) is 6.43. The fourth-order valence-electron chi connectivity index (χ4n) is 2.61. The molecule has 4 nitrogen and oxygen atoms in total. The van der Waals surface area contributed by atoms with Crippen LogP contribution in [0.25, 0.3) is 0 Å². The predicted octanol–water partition coefficient (Wildman–Crippen LogP) is 3.48. The smallest absolute Gasteiger partial charge is 0.232 e. The third-order valence-electron chi connectivity index (χ3n) is 3.65. The lowest BCUT2D eigenvalue weighted by Gasteiger charge is -2.33. The van der Waals surface area contributed by atoms with Gasteiger partial charge in [-0.3, -0.25) is 0 Å². The Labute approximate surface area is 117 Å². The first-order valence-corrected chi connectivity index (χ1v) is 7.22. The van der Waals surface area contributed by atoms with Crippen molar-refractivity contribution >= 4 is 21.9 Å². The Bertz CT molecular complexity index is 413. The minimum absolute atomic E-state index is 0.465. The number of halogens is 1. The first kappa shape index (κ1) is 13.6. The van der Waals surface area contributed by atoms with E-state index in [2.05, 4.69) is 45.1 Å². The summed E-state index contributed by atoms with van der Waals surface area (Å²) in [5.74, 6) is 2.72. The summed E-state index contributed by atoms with van der Waals surface area (Å²) in [6.07, 6.45) is 5.45. The van der Waals surface area contributed by atoms with Crippen molar-refractivity contribution in [2.75, 3.05) is 12.4 Å². The predicted molar refractivity (Wildman–Crippen MR) is 75.9 cm³/mol. The standard InChI is InChI=1S/C13H20BrN3O/c1-8-4-5-11(9(2)6-8)16-13-15-7-10(14)12(17-13)18-3/h7-9,11H,4-6H2,1-3H3,(H,15,16,17). The summed E-state index contributed by atoms with van der Waals surface area (Å²) in [6.45, 7) is 4.62. The second-order valence-electron chi connectivity index (χ2n) is 5.20. The quantitative estimate of drug-likeness (QED) is 0.928. The lowest BCUT2D eigenvalue weighted by molar-refractivity contribution is 0.275. The van der Waals surface area contributed by atoms with Crippen molar-refractivity contribution < 1.29 is 4.74 Å². The van der Waals surface area contributed by atoms with E-state index in [1.54, 1.807) is 13.3 Å². The van der Waals surface area contributed by atoms with E-state index in [1.807, 2.05) is 0 Å². The van der Waals surface area contributed by atoms with E-state index in [1.165, 1.54) is 19.3 Å². The molecule has 1 saturated carbocycles. The van der Waals surface area contributed by atoms with Crippen LogP contribution in [-0.2, 0) is 0 Å². The van der Waals surface area contributed by atoms with Gasteiger partial charge in [-0.1, -0.05) is 13.8 Å². The number of hydrogen-bond donors (Lipinski definition) is 1. The van der Waals surface area contributed by atoms with E-state index in [9.17, 15) is 0 Å². The third-order valence-corrected chi connectivity index (χ3v) is 4.20. The number of ether oxygens (including phenoxy) is 1. The van der Waals surface area contributed by atoms with Crippen molar-refractivity contribution in [3.05, 3.63) is 10.7 Å². The molecule has 2 rings (SSSR count). The molecule has 0 bridgehead atoms. The average Bonchev–Trinajstić information content (AvgIpc) is 2.35. The largest absolute Gasteiger partial charge is 0.480 e. The Hall–Kier alpha value is -0.840. The molecule has 1 aliphatic carbocycles. The summed E-state index contributed by atoms with van der Waals surface area (Å²) in [6, 6.07) is 0.465. The van der Waals surface area contributed by atoms with E-state index < -0.39 is 0 Å². The summed E-state index contributed by atoms with van der Waals surface area (Å²) in [5, 5.41) is 3.43. The molecule has 3 atom stereocenters. The summed E-state index contributed by atoms with van der Waals surface area (Å²) in [5.41, 5.74) is 0. The van der Waals surface area contributed by atoms with Gasteiger partial charge in [-0.25, -0.2) is 4.98 Å². The maximum Gasteiger partial charge on any atom is 0.232 e. The van der Waals surface area contributed by atoms with E-state index in [0.717, 1.165) is 10.4 Å². The molecule has 0 aromatic carbocycles. The van der Waals surface area contributed by atoms with Gasteiger partial charge in [0, 0.05) is 6.04 Å². The van der Waals surface area contributed by atoms with Crippen LogP contribution in [0.3, 0.4) is 0 Å². The van der Waals surface area contributed by atoms with Gasteiger partial charge in [-0.05, 0) is 47.0 Å². The Kier molecular flexibility index (Phi) is 4.43. The summed E-state index contributed by atoms with van der Waals surface area (Å²) < 4.78 is 5.96. The molecule has 0 spiro atoms. The van der Waals surface area contributed by atoms with Crippen molar-refractivity contribution in [2.45, 2.75) is 39.2 Å². The van der Waals surface area contributed by atoms with Crippen molar-refractivity contribution in [3.63, 3.8) is 0 Å². The molecule has 0 radical (unpaired) electrons. The number of hydrogen-bond acceptors (Lipinski definition) is 4. The van der Waals surface area contributed by atoms with Crippen LogP contribution in [0.2, 0.25) is 0 Å². The minimum Gasteiger partial charge on any atom is -0.480 e. The van der Waals surface area contributed by atoms with Crippen LogP contribution in [0.1, 0.15) is 33.1 Å². The number of methoxy groups -OCH3 is 1. The van der Waals surface area contributed by atoms with Crippen LogP contribution in [0.4, 0.5) is 5.95 Å². The second-order valence-corrected chi connectivity index (χ2v) is 6.05. The molecule has 100 valence electrons. The zero-order chi connectivity index (χ0) is 13.1. The molecule has 1 heterocycles. The van der Waals surface area contributed by atoms with Gasteiger partial charge in [0.25, 0.3) is 0 Å². The zero-order valence-electron chi connectivity index (χ0n) is 11.1. The van der Waals surface area contributed by atoms with Gasteiger partial charge >= 0.3 is 0 Å². The van der Waals surface area contributed by atoms with E-state index in [0.29, 0.717) is 23.8 Å². The molecule has 1 N–H and O–H groups in total. The molecule has 0 amide bonds. The van der Waals surface area contributed by atoms with Gasteiger partial charge in [0.2, 0.25) is 11.8 Å². The highest BCUT2D eigenvalue weighted by molar-refractivity contribution is 9.10. The number of aromatic nitrogens is 2. The van der Waals surface area contributed by atoms with Crippen molar-refractivity contribution in [3.8, 4) is 5.88 Å². The molecule has 3 unspecified atom stereocenters. The lowest BCUT2D eigenvalue weighted by atomic mass is 9.80. The fraction of sp³-hybridized carbons (Fsp3) is 0.692. The maximum absolute atomic E-state index is 5.18. The summed E-state index contributed by atoms with van der Waals surface area (Å²) in [7, 11) is 1.61. The molecule has 1 aromatic rings. The normalized spacial score (nSPS) is 27.9. The number of rotatable bonds is 3. The lowest BCUT2D eigenvalue weighted by Crippen LogP contribution is -2.33. The monoisotopic (exact) mass is 313 g/mol. The SMILES string of the molecule is COc1nc(NC2CCC(C)CC2C)ncc1Br. The Morgan fingerprint density at radius 2 is 2.17 bits per heavy atom. The molecule has 1 aromatic heterocycles. The van der Waals surface area contributed by atoms with Gasteiger partial charge in [0.1, 0.15) is 0 Å². The topological polar surface area (TPSA) is 47.0 Å². The van der Waals surface area contributed by atoms with Crippen LogP contribution in [0.15, 0.2) is 10.7 Å². The van der Waals surface area contributed by atoms with Gasteiger partial charge < -0.3 is 10.1 Å². The van der Waals surface area contributed by atoms with E-state index in [4.69, 9.17) is 4.74 Å². The van der Waals surface area contributed by atoms with Gasteiger partial charge in [-0.2, -0.15) is 4.98 Å². The summed E-state index contributed by atoms with van der Waals surface area (Å²) in [4.78, 5) is 8.63. The Morgan fingerprint density at radius 1 is 1.39 bits per heavy atom. The highest BCUT2D eigenvalue weighted by Crippen LogP contribution is 2.30. The zero-order valence-corrected chi connectivity index (χ0v) is 12.7. The minimum atomic E-state index is 0.465. The molecule has 0 aliphatic heterocycles. The van der Waals surface area contributed by atoms with Crippen LogP contribution < -0.4 is 10.1 Å². The molecular formula is C13H20BrN3O. The van der Waals surface area contributed by atoms with Crippen molar-refractivity contribution in [1.29, 1.82) is 0 Å². The summed E-state index contributed by atoms with van der Waals surface area (Å²) >= 11 is 3.36. The van der Waals surface area contributed by atoms with Gasteiger partial charge in [0.15, 0.2) is 0 Å². The fourth-order valence-corrected chi connectivity index (χ4v) is 2.96. The van der Waals surface area contributed by atoms with Crippen molar-refractivity contribution in [1.82, 2.24) is 9.97 Å². The molecular weight excluding hydrogens is 294 g/mol. The first-order chi connectivity index (χ1) is 8.60. The highest BCUT2D eigenvalue weighted by atomic mass is 79.9. The van der Waals surface area contributed by atoms with Gasteiger partial charge in [-0.15, -0.1) is 0 Å². The van der Waals surface area contributed by atoms with Crippen LogP contribution in [0.5, 0.6) is 5.88 Å². The van der Waals surface area contributed by atoms with Crippen LogP contribution in [-0.4, -0.2) is 23.1 Å². The maximum atomic E-state index is 5.18. The van der Waals surface area contributed by atoms with Crippen molar-refractivity contribution in [2.24, 2.45) is 11.8 Å². The molecule has 1 aliphatic rings. The number of anilines is 1. The van der Waals surface area contributed by atoms with Crippen LogP contribution in [0, 0.1) is 11.8 Å². The van der Waals surface area contributed by atoms with E-state index >= 15 is 0 Å². The van der Waals surface area contributed by atoms with E-state index in [-0.39, 0.29) is 0 Å². The average molecular weight is 314 g/mol. The second kappa shape index (κ2) is 5.87. The molecule has 18 heavy (non-hydrogen) atoms. The number of nitrogens with zero attached hydrogens (tertiary/aromatic N) is 2. The number of nitrogens with one attached hydrogen (secondary N) is 1. The third kappa shape index (κ3) is 3.13. The highest BCUT2D eigenvalue weighted by Gasteiger charge is 2.25. The molecule has 0 saturated heterocycles. The Morgan fingerprint density at radius 3 is 2.83 bits per heavy atom.